The second kappa shape index (κ2) is 25.1. The molecule has 276 valence electrons. The van der Waals surface area contributed by atoms with E-state index < -0.39 is 0 Å². The van der Waals surface area contributed by atoms with E-state index in [0.29, 0.717) is 23.8 Å². The molecule has 2 heteroatoms. The summed E-state index contributed by atoms with van der Waals surface area (Å²) in [7, 11) is 0. The number of rotatable bonds is 10. The number of aryl methyl sites for hydroxylation is 3. The molecule has 2 aliphatic heterocycles. The Morgan fingerprint density at radius 2 is 1.59 bits per heavy atom. The van der Waals surface area contributed by atoms with Gasteiger partial charge in [0.25, 0.3) is 0 Å². The van der Waals surface area contributed by atoms with E-state index >= 15 is 0 Å². The molecule has 1 saturated heterocycles. The molecule has 2 heterocycles. The second-order valence-corrected chi connectivity index (χ2v) is 14.5. The smallest absolute Gasteiger partial charge is 0.176 e. The molecule has 0 N–H and O–H groups in total. The SMILES string of the molecule is C=C1C(C)C2C(C)C(/C=C/CC)=C(C(C)=O)N12.C=CC.C=CC.CCC(C)C.CCCCCc1cc(C)c(C2C=C(C)CCC2)c(CC)c1. The van der Waals surface area contributed by atoms with Crippen molar-refractivity contribution in [2.24, 2.45) is 17.8 Å². The predicted octanol–water partition coefficient (Wildman–Crippen LogP) is 14.2. The first-order chi connectivity index (χ1) is 23.3. The molecule has 1 fully saturated rings. The molecule has 3 aliphatic rings. The first-order valence-corrected chi connectivity index (χ1v) is 19.6. The third-order valence-electron chi connectivity index (χ3n) is 9.77. The maximum atomic E-state index is 11.8. The van der Waals surface area contributed by atoms with Gasteiger partial charge < -0.3 is 4.90 Å². The summed E-state index contributed by atoms with van der Waals surface area (Å²) in [5, 5.41) is 0. The van der Waals surface area contributed by atoms with Gasteiger partial charge in [0, 0.05) is 36.4 Å². The molecule has 4 atom stereocenters. The molecule has 0 bridgehead atoms. The van der Waals surface area contributed by atoms with Crippen LogP contribution in [0.5, 0.6) is 0 Å². The molecule has 4 unspecified atom stereocenters. The average Bonchev–Trinajstić information content (AvgIpc) is 3.33. The molecule has 1 aromatic carbocycles. The number of carbonyl (C=O) groups excluding carboxylic acids is 1. The molecule has 4 rings (SSSR count). The molecule has 0 spiro atoms. The minimum atomic E-state index is 0.156. The molecule has 1 aromatic rings. The summed E-state index contributed by atoms with van der Waals surface area (Å²) >= 11 is 0. The number of hydrogen-bond donors (Lipinski definition) is 0. The zero-order valence-corrected chi connectivity index (χ0v) is 34.5. The van der Waals surface area contributed by atoms with Crippen LogP contribution < -0.4 is 0 Å². The van der Waals surface area contributed by atoms with Crippen LogP contribution in [-0.4, -0.2) is 16.7 Å². The number of nitrogens with zero attached hydrogens (tertiary/aromatic N) is 1. The predicted molar refractivity (Wildman–Crippen MR) is 221 cm³/mol. The van der Waals surface area contributed by atoms with Crippen molar-refractivity contribution < 1.29 is 4.79 Å². The lowest BCUT2D eigenvalue weighted by Gasteiger charge is -2.48. The molecule has 0 aromatic heterocycles. The van der Waals surface area contributed by atoms with E-state index in [-0.39, 0.29) is 5.78 Å². The van der Waals surface area contributed by atoms with Crippen LogP contribution in [0, 0.1) is 24.7 Å². The third kappa shape index (κ3) is 14.5. The van der Waals surface area contributed by atoms with Gasteiger partial charge in [-0.15, -0.1) is 13.2 Å². The molecular formula is C47H77NO. The van der Waals surface area contributed by atoms with Crippen LogP contribution in [0.3, 0.4) is 0 Å². The Kier molecular flexibility index (Phi) is 23.7. The fraction of sp³-hybridized carbons (Fsp3) is 0.596. The summed E-state index contributed by atoms with van der Waals surface area (Å²) in [4.78, 5) is 14.0. The molecule has 0 radical (unpaired) electrons. The number of allylic oxidation sites excluding steroid dienone is 7. The van der Waals surface area contributed by atoms with Crippen molar-refractivity contribution in [2.75, 3.05) is 0 Å². The number of unbranched alkanes of at least 4 members (excludes halogenated alkanes) is 2. The van der Waals surface area contributed by atoms with E-state index in [0.717, 1.165) is 23.7 Å². The van der Waals surface area contributed by atoms with E-state index in [2.05, 4.69) is 124 Å². The van der Waals surface area contributed by atoms with Crippen molar-refractivity contribution in [3.05, 3.63) is 107 Å². The maximum absolute atomic E-state index is 11.8. The van der Waals surface area contributed by atoms with Crippen LogP contribution in [0.25, 0.3) is 0 Å². The number of hydrogen-bond acceptors (Lipinski definition) is 2. The van der Waals surface area contributed by atoms with Gasteiger partial charge in [0.1, 0.15) is 0 Å². The quantitative estimate of drug-likeness (QED) is 0.182. The minimum absolute atomic E-state index is 0.156. The standard InChI is InChI=1S/C21H32.C15H21NO.C5H12.2C3H6/c1-5-7-8-11-18-14-17(4)21(19(6-2)15-18)20-12-9-10-16(3)13-20;1-6-7-8-13-10(3)14-9(2)11(4)16(14)15(13)12(5)17;1-4-5(2)3;2*1-3-2/h13-15,20H,5-12H2,1-4H3;7-10,14H,4,6H2,1-3,5H3;5H,4H2,1-3H3;2*3H,1H2,2H3/b;8-7+;;;. The van der Waals surface area contributed by atoms with Gasteiger partial charge >= 0.3 is 0 Å². The largest absolute Gasteiger partial charge is 0.338 e. The van der Waals surface area contributed by atoms with Gasteiger partial charge in [-0.25, -0.2) is 0 Å². The van der Waals surface area contributed by atoms with Crippen LogP contribution in [-0.2, 0) is 17.6 Å². The van der Waals surface area contributed by atoms with Gasteiger partial charge in [0.2, 0.25) is 0 Å². The van der Waals surface area contributed by atoms with Crippen molar-refractivity contribution in [1.82, 2.24) is 4.90 Å². The molecule has 49 heavy (non-hydrogen) atoms. The van der Waals surface area contributed by atoms with Gasteiger partial charge in [-0.05, 0) is 106 Å². The summed E-state index contributed by atoms with van der Waals surface area (Å²) in [6, 6.07) is 5.40. The van der Waals surface area contributed by atoms with Crippen LogP contribution in [0.2, 0.25) is 0 Å². The molecule has 1 aliphatic carbocycles. The van der Waals surface area contributed by atoms with E-state index in [1.165, 1.54) is 68.9 Å². The zero-order chi connectivity index (χ0) is 37.7. The van der Waals surface area contributed by atoms with Crippen LogP contribution in [0.4, 0.5) is 0 Å². The first kappa shape index (κ1) is 46.1. The topological polar surface area (TPSA) is 20.3 Å². The van der Waals surface area contributed by atoms with Gasteiger partial charge in [0.05, 0.1) is 5.70 Å². The number of benzene rings is 1. The van der Waals surface area contributed by atoms with Crippen molar-refractivity contribution in [1.29, 1.82) is 0 Å². The highest BCUT2D eigenvalue weighted by Gasteiger charge is 2.51. The fourth-order valence-corrected chi connectivity index (χ4v) is 6.92. The Balaban J connectivity index is 0.000000733. The zero-order valence-electron chi connectivity index (χ0n) is 34.5. The van der Waals surface area contributed by atoms with E-state index in [4.69, 9.17) is 0 Å². The van der Waals surface area contributed by atoms with Crippen molar-refractivity contribution in [3.8, 4) is 0 Å². The number of carbonyl (C=O) groups is 1. The summed E-state index contributed by atoms with van der Waals surface area (Å²) in [6.07, 6.45) is 23.0. The molecular weight excluding hydrogens is 595 g/mol. The van der Waals surface area contributed by atoms with Crippen molar-refractivity contribution >= 4 is 5.78 Å². The lowest BCUT2D eigenvalue weighted by Crippen LogP contribution is -2.51. The fourth-order valence-electron chi connectivity index (χ4n) is 6.92. The minimum Gasteiger partial charge on any atom is -0.338 e. The van der Waals surface area contributed by atoms with E-state index in [1.807, 2.05) is 13.8 Å². The van der Waals surface area contributed by atoms with Crippen molar-refractivity contribution in [2.45, 2.75) is 166 Å². The summed E-state index contributed by atoms with van der Waals surface area (Å²) in [5.74, 6) is 2.63. The number of ketones is 1. The number of fused-ring (bicyclic) bond motifs is 1. The highest BCUT2D eigenvalue weighted by molar-refractivity contribution is 5.95. The lowest BCUT2D eigenvalue weighted by molar-refractivity contribution is -0.115. The van der Waals surface area contributed by atoms with Gasteiger partial charge in [-0.1, -0.05) is 129 Å². The Hall–Kier alpha value is -2.87. The molecule has 2 nitrogen and oxygen atoms in total. The molecule has 0 amide bonds. The van der Waals surface area contributed by atoms with Crippen LogP contribution in [0.1, 0.15) is 163 Å². The third-order valence-corrected chi connectivity index (χ3v) is 9.77. The van der Waals surface area contributed by atoms with E-state index in [9.17, 15) is 4.79 Å². The Morgan fingerprint density at radius 1 is 1.00 bits per heavy atom. The highest BCUT2D eigenvalue weighted by Crippen LogP contribution is 2.50. The Bertz CT molecular complexity index is 1250. The summed E-state index contributed by atoms with van der Waals surface area (Å²) < 4.78 is 0. The summed E-state index contributed by atoms with van der Waals surface area (Å²) in [6.45, 7) is 38.6. The normalized spacial score (nSPS) is 20.7. The highest BCUT2D eigenvalue weighted by atomic mass is 16.1. The first-order valence-electron chi connectivity index (χ1n) is 19.6. The second-order valence-electron chi connectivity index (χ2n) is 14.5. The van der Waals surface area contributed by atoms with Crippen LogP contribution in [0.15, 0.2) is 84.8 Å². The average molecular weight is 672 g/mol. The van der Waals surface area contributed by atoms with Gasteiger partial charge in [0.15, 0.2) is 5.78 Å². The Morgan fingerprint density at radius 3 is 2.06 bits per heavy atom. The Labute approximate surface area is 305 Å². The van der Waals surface area contributed by atoms with E-state index in [1.54, 1.807) is 41.3 Å². The number of Topliss-reactive ketones (excluding diaryl/α,β-unsaturated/α-hetero) is 1. The van der Waals surface area contributed by atoms with Gasteiger partial charge in [-0.3, -0.25) is 4.79 Å². The monoisotopic (exact) mass is 672 g/mol. The lowest BCUT2D eigenvalue weighted by atomic mass is 9.80. The van der Waals surface area contributed by atoms with Crippen molar-refractivity contribution in [3.63, 3.8) is 0 Å². The van der Waals surface area contributed by atoms with Crippen LogP contribution >= 0.6 is 0 Å². The maximum Gasteiger partial charge on any atom is 0.176 e. The summed E-state index contributed by atoms with van der Waals surface area (Å²) in [5.41, 5.74) is 11.0. The van der Waals surface area contributed by atoms with Gasteiger partial charge in [-0.2, -0.15) is 0 Å². The molecule has 0 saturated carbocycles.